The summed E-state index contributed by atoms with van der Waals surface area (Å²) in [7, 11) is 1.35. The molecule has 0 unspecified atom stereocenters. The number of halogens is 4. The predicted octanol–water partition coefficient (Wildman–Crippen LogP) is 3.53. The highest BCUT2D eigenvalue weighted by Crippen LogP contribution is 2.30. The summed E-state index contributed by atoms with van der Waals surface area (Å²) in [6, 6.07) is 1.56. The first-order valence-electron chi connectivity index (χ1n) is 3.67. The monoisotopic (exact) mass is 377 g/mol. The minimum Gasteiger partial charge on any atom is -0.495 e. The molecule has 0 aliphatic heterocycles. The van der Waals surface area contributed by atoms with Crippen LogP contribution in [-0.4, -0.2) is 12.1 Å². The van der Waals surface area contributed by atoms with Gasteiger partial charge in [0.1, 0.15) is 11.4 Å². The molecule has 14 heavy (non-hydrogen) atoms. The normalized spacial score (nSPS) is 10.7. The summed E-state index contributed by atoms with van der Waals surface area (Å²) >= 11 is 5.22. The Morgan fingerprint density at radius 3 is 2.71 bits per heavy atom. The number of aromatic nitrogens is 1. The van der Waals surface area contributed by atoms with Gasteiger partial charge in [-0.25, -0.2) is 13.8 Å². The molecule has 1 heterocycles. The third kappa shape index (κ3) is 2.53. The topological polar surface area (TPSA) is 22.1 Å². The Hall–Kier alpha value is 0.0200. The summed E-state index contributed by atoms with van der Waals surface area (Å²) in [5.74, 6) is 0.133. The standard InChI is InChI=1S/C8H7BrF2INO/c1-14-6-2-4(12)5(3-9)13-7(6)8(10)11/h2,8H,3H2,1H3. The number of pyridine rings is 1. The van der Waals surface area contributed by atoms with Gasteiger partial charge < -0.3 is 4.74 Å². The van der Waals surface area contributed by atoms with Crippen molar-refractivity contribution in [3.05, 3.63) is 21.0 Å². The van der Waals surface area contributed by atoms with E-state index >= 15 is 0 Å². The Bertz CT molecular complexity index is 335. The van der Waals surface area contributed by atoms with E-state index in [2.05, 4.69) is 20.9 Å². The summed E-state index contributed by atoms with van der Waals surface area (Å²) < 4.78 is 30.6. The molecular weight excluding hydrogens is 371 g/mol. The van der Waals surface area contributed by atoms with Crippen LogP contribution >= 0.6 is 38.5 Å². The summed E-state index contributed by atoms with van der Waals surface area (Å²) in [5.41, 5.74) is 0.295. The zero-order valence-electron chi connectivity index (χ0n) is 7.23. The van der Waals surface area contributed by atoms with Crippen LogP contribution in [0.5, 0.6) is 5.75 Å². The van der Waals surface area contributed by atoms with E-state index in [1.165, 1.54) is 7.11 Å². The van der Waals surface area contributed by atoms with E-state index in [9.17, 15) is 8.78 Å². The van der Waals surface area contributed by atoms with E-state index in [-0.39, 0.29) is 11.4 Å². The lowest BCUT2D eigenvalue weighted by molar-refractivity contribution is 0.141. The molecule has 0 aliphatic rings. The van der Waals surface area contributed by atoms with Crippen LogP contribution in [0.1, 0.15) is 17.8 Å². The molecule has 1 aromatic rings. The SMILES string of the molecule is COc1cc(I)c(CBr)nc1C(F)F. The maximum absolute atomic E-state index is 12.5. The van der Waals surface area contributed by atoms with Gasteiger partial charge in [-0.3, -0.25) is 0 Å². The third-order valence-electron chi connectivity index (χ3n) is 1.59. The zero-order valence-corrected chi connectivity index (χ0v) is 11.0. The molecule has 0 atom stereocenters. The Kier molecular flexibility index (Phi) is 4.49. The van der Waals surface area contributed by atoms with Gasteiger partial charge in [0.25, 0.3) is 6.43 Å². The number of methoxy groups -OCH3 is 1. The average molecular weight is 378 g/mol. The Labute approximate surface area is 102 Å². The summed E-state index contributed by atoms with van der Waals surface area (Å²) in [6.07, 6.45) is -2.61. The van der Waals surface area contributed by atoms with E-state index in [1.807, 2.05) is 22.6 Å². The summed E-state index contributed by atoms with van der Waals surface area (Å²) in [5, 5.41) is 0.453. The quantitative estimate of drug-likeness (QED) is 0.594. The molecule has 6 heteroatoms. The molecule has 0 aliphatic carbocycles. The van der Waals surface area contributed by atoms with Crippen LogP contribution in [0.2, 0.25) is 0 Å². The molecule has 1 aromatic heterocycles. The number of hydrogen-bond acceptors (Lipinski definition) is 2. The van der Waals surface area contributed by atoms with Crippen molar-refractivity contribution < 1.29 is 13.5 Å². The Balaban J connectivity index is 3.25. The van der Waals surface area contributed by atoms with Crippen molar-refractivity contribution in [1.82, 2.24) is 4.98 Å². The van der Waals surface area contributed by atoms with Gasteiger partial charge in [-0.1, -0.05) is 15.9 Å². The second kappa shape index (κ2) is 5.20. The number of hydrogen-bond donors (Lipinski definition) is 0. The smallest absolute Gasteiger partial charge is 0.284 e. The van der Waals surface area contributed by atoms with Crippen molar-refractivity contribution in [1.29, 1.82) is 0 Å². The van der Waals surface area contributed by atoms with E-state index in [4.69, 9.17) is 4.74 Å². The van der Waals surface area contributed by atoms with Crippen LogP contribution < -0.4 is 4.74 Å². The maximum Gasteiger partial charge on any atom is 0.284 e. The summed E-state index contributed by atoms with van der Waals surface area (Å²) in [4.78, 5) is 3.83. The average Bonchev–Trinajstić information content (AvgIpc) is 2.16. The molecular formula is C8H7BrF2INO. The van der Waals surface area contributed by atoms with Crippen molar-refractivity contribution in [2.45, 2.75) is 11.8 Å². The van der Waals surface area contributed by atoms with Crippen LogP contribution in [0.3, 0.4) is 0 Å². The van der Waals surface area contributed by atoms with Gasteiger partial charge in [0.05, 0.1) is 12.8 Å². The van der Waals surface area contributed by atoms with Crippen LogP contribution in [0.4, 0.5) is 8.78 Å². The first-order valence-corrected chi connectivity index (χ1v) is 5.87. The van der Waals surface area contributed by atoms with E-state index in [0.29, 0.717) is 11.0 Å². The molecule has 0 radical (unpaired) electrons. The molecule has 0 spiro atoms. The maximum atomic E-state index is 12.5. The minimum absolute atomic E-state index is 0.133. The highest BCUT2D eigenvalue weighted by Gasteiger charge is 2.18. The van der Waals surface area contributed by atoms with Crippen LogP contribution in [0, 0.1) is 3.57 Å². The molecule has 0 amide bonds. The molecule has 78 valence electrons. The lowest BCUT2D eigenvalue weighted by Crippen LogP contribution is -2.01. The molecule has 0 N–H and O–H groups in total. The minimum atomic E-state index is -2.61. The van der Waals surface area contributed by atoms with Crippen molar-refractivity contribution >= 4 is 38.5 Å². The molecule has 0 saturated carbocycles. The fourth-order valence-corrected chi connectivity index (χ4v) is 2.49. The van der Waals surface area contributed by atoms with E-state index in [0.717, 1.165) is 3.57 Å². The van der Waals surface area contributed by atoms with Gasteiger partial charge in [0, 0.05) is 8.90 Å². The van der Waals surface area contributed by atoms with Crippen LogP contribution in [0.15, 0.2) is 6.07 Å². The Morgan fingerprint density at radius 1 is 1.64 bits per heavy atom. The lowest BCUT2D eigenvalue weighted by Gasteiger charge is -2.09. The highest BCUT2D eigenvalue weighted by molar-refractivity contribution is 14.1. The second-order valence-corrected chi connectivity index (χ2v) is 4.16. The Morgan fingerprint density at radius 2 is 2.29 bits per heavy atom. The lowest BCUT2D eigenvalue weighted by atomic mass is 10.3. The van der Waals surface area contributed by atoms with Gasteiger partial charge >= 0.3 is 0 Å². The fourth-order valence-electron chi connectivity index (χ4n) is 0.940. The number of alkyl halides is 3. The molecule has 0 saturated heterocycles. The van der Waals surface area contributed by atoms with Gasteiger partial charge in [-0.05, 0) is 28.7 Å². The number of ether oxygens (including phenoxy) is 1. The predicted molar refractivity (Wildman–Crippen MR) is 61.1 cm³/mol. The highest BCUT2D eigenvalue weighted by atomic mass is 127. The third-order valence-corrected chi connectivity index (χ3v) is 3.06. The molecule has 0 bridgehead atoms. The van der Waals surface area contributed by atoms with E-state index < -0.39 is 6.43 Å². The van der Waals surface area contributed by atoms with Crippen LogP contribution in [-0.2, 0) is 5.33 Å². The summed E-state index contributed by atoms with van der Waals surface area (Å²) in [6.45, 7) is 0. The molecule has 0 aromatic carbocycles. The van der Waals surface area contributed by atoms with Gasteiger partial charge in [0.2, 0.25) is 0 Å². The fraction of sp³-hybridized carbons (Fsp3) is 0.375. The second-order valence-electron chi connectivity index (χ2n) is 2.44. The van der Waals surface area contributed by atoms with Crippen LogP contribution in [0.25, 0.3) is 0 Å². The molecule has 2 nitrogen and oxygen atoms in total. The molecule has 1 rings (SSSR count). The molecule has 0 fully saturated rings. The van der Waals surface area contributed by atoms with Gasteiger partial charge in [-0.2, -0.15) is 0 Å². The van der Waals surface area contributed by atoms with Gasteiger partial charge in [0.15, 0.2) is 0 Å². The number of nitrogens with zero attached hydrogens (tertiary/aromatic N) is 1. The van der Waals surface area contributed by atoms with Crippen molar-refractivity contribution in [3.8, 4) is 5.75 Å². The first-order chi connectivity index (χ1) is 6.60. The van der Waals surface area contributed by atoms with Gasteiger partial charge in [-0.15, -0.1) is 0 Å². The van der Waals surface area contributed by atoms with Crippen molar-refractivity contribution in [2.24, 2.45) is 0 Å². The van der Waals surface area contributed by atoms with Crippen molar-refractivity contribution in [2.75, 3.05) is 7.11 Å². The largest absolute Gasteiger partial charge is 0.495 e. The zero-order chi connectivity index (χ0) is 10.7. The first kappa shape index (κ1) is 12.1. The number of rotatable bonds is 3. The van der Waals surface area contributed by atoms with E-state index in [1.54, 1.807) is 6.07 Å². The van der Waals surface area contributed by atoms with Crippen molar-refractivity contribution in [3.63, 3.8) is 0 Å².